The molecule has 0 aliphatic rings. The molecule has 0 radical (unpaired) electrons. The third kappa shape index (κ3) is 4.71. The molecule has 1 N–H and O–H groups in total. The molecule has 0 atom stereocenters. The van der Waals surface area contributed by atoms with E-state index >= 15 is 0 Å². The van der Waals surface area contributed by atoms with E-state index in [1.165, 1.54) is 32.6 Å². The molecule has 0 bridgehead atoms. The molecule has 0 saturated carbocycles. The van der Waals surface area contributed by atoms with E-state index in [0.717, 1.165) is 17.4 Å². The standard InChI is InChI=1S/C20H19ClN2O7S2/c1-4-29-20(25)17-13(15-6-5-9-30-15)11-31-19(17)22-18(24)12-7-8-14(21)16(10-12)32(26,27)23(2)28-3/h5-11H,4H2,1-3H3,(H,22,24). The van der Waals surface area contributed by atoms with Crippen LogP contribution in [0.4, 0.5) is 5.00 Å². The molecule has 0 aliphatic heterocycles. The summed E-state index contributed by atoms with van der Waals surface area (Å²) in [6.07, 6.45) is 1.47. The molecular weight excluding hydrogens is 480 g/mol. The van der Waals surface area contributed by atoms with Gasteiger partial charge in [-0.2, -0.15) is 0 Å². The van der Waals surface area contributed by atoms with Gasteiger partial charge in [-0.1, -0.05) is 16.1 Å². The monoisotopic (exact) mass is 498 g/mol. The van der Waals surface area contributed by atoms with Crippen molar-refractivity contribution in [2.75, 3.05) is 26.1 Å². The van der Waals surface area contributed by atoms with Crippen LogP contribution in [0.25, 0.3) is 11.3 Å². The number of anilines is 1. The summed E-state index contributed by atoms with van der Waals surface area (Å²) in [7, 11) is -1.70. The van der Waals surface area contributed by atoms with Crippen LogP contribution in [0.1, 0.15) is 27.6 Å². The lowest BCUT2D eigenvalue weighted by molar-refractivity contribution is -0.0258. The van der Waals surface area contributed by atoms with Crippen molar-refractivity contribution in [2.24, 2.45) is 0 Å². The van der Waals surface area contributed by atoms with E-state index in [-0.39, 0.29) is 32.7 Å². The first kappa shape index (κ1) is 24.0. The van der Waals surface area contributed by atoms with E-state index < -0.39 is 21.9 Å². The second-order valence-electron chi connectivity index (χ2n) is 6.25. The predicted molar refractivity (Wildman–Crippen MR) is 119 cm³/mol. The molecule has 170 valence electrons. The summed E-state index contributed by atoms with van der Waals surface area (Å²) in [5, 5.41) is 4.46. The van der Waals surface area contributed by atoms with Gasteiger partial charge in [-0.25, -0.2) is 13.2 Å². The lowest BCUT2D eigenvalue weighted by atomic mass is 10.1. The maximum atomic E-state index is 12.9. The van der Waals surface area contributed by atoms with Crippen molar-refractivity contribution < 1.29 is 32.0 Å². The van der Waals surface area contributed by atoms with E-state index in [2.05, 4.69) is 5.32 Å². The van der Waals surface area contributed by atoms with Crippen LogP contribution in [-0.2, 0) is 19.6 Å². The predicted octanol–water partition coefficient (Wildman–Crippen LogP) is 4.27. The van der Waals surface area contributed by atoms with Crippen molar-refractivity contribution in [1.82, 2.24) is 4.47 Å². The molecule has 3 rings (SSSR count). The Hall–Kier alpha value is -2.70. The van der Waals surface area contributed by atoms with E-state index in [0.29, 0.717) is 15.8 Å². The lowest BCUT2D eigenvalue weighted by Gasteiger charge is -2.16. The second kappa shape index (κ2) is 9.84. The molecular formula is C20H19ClN2O7S2. The van der Waals surface area contributed by atoms with E-state index in [9.17, 15) is 18.0 Å². The molecule has 2 aromatic heterocycles. The number of esters is 1. The van der Waals surface area contributed by atoms with Gasteiger partial charge >= 0.3 is 5.97 Å². The number of ether oxygens (including phenoxy) is 1. The summed E-state index contributed by atoms with van der Waals surface area (Å²) in [6.45, 7) is 1.81. The number of nitrogens with one attached hydrogen (secondary N) is 1. The zero-order valence-corrected chi connectivity index (χ0v) is 19.6. The third-order valence-corrected chi connectivity index (χ3v) is 7.41. The van der Waals surface area contributed by atoms with Gasteiger partial charge in [0.05, 0.1) is 25.0 Å². The molecule has 9 nitrogen and oxygen atoms in total. The Labute approximate surface area is 193 Å². The second-order valence-corrected chi connectivity index (χ2v) is 9.44. The molecule has 0 fully saturated rings. The quantitative estimate of drug-likeness (QED) is 0.364. The highest BCUT2D eigenvalue weighted by Crippen LogP contribution is 2.37. The number of benzene rings is 1. The van der Waals surface area contributed by atoms with Crippen LogP contribution < -0.4 is 5.32 Å². The van der Waals surface area contributed by atoms with Crippen LogP contribution in [-0.4, -0.2) is 45.5 Å². The number of hydrogen-bond donors (Lipinski definition) is 1. The summed E-state index contributed by atoms with van der Waals surface area (Å²) in [5.74, 6) is -0.833. The Morgan fingerprint density at radius 1 is 1.28 bits per heavy atom. The van der Waals surface area contributed by atoms with Gasteiger partial charge in [-0.15, -0.1) is 11.3 Å². The number of carbonyl (C=O) groups is 2. The molecule has 0 aliphatic carbocycles. The Morgan fingerprint density at radius 3 is 2.66 bits per heavy atom. The van der Waals surface area contributed by atoms with Crippen molar-refractivity contribution in [2.45, 2.75) is 11.8 Å². The van der Waals surface area contributed by atoms with Gasteiger partial charge in [0.2, 0.25) is 0 Å². The smallest absolute Gasteiger partial charge is 0.341 e. The van der Waals surface area contributed by atoms with Crippen LogP contribution in [0.5, 0.6) is 0 Å². The van der Waals surface area contributed by atoms with Crippen LogP contribution in [0, 0.1) is 0 Å². The van der Waals surface area contributed by atoms with Crippen LogP contribution >= 0.6 is 22.9 Å². The molecule has 0 saturated heterocycles. The number of nitrogens with zero attached hydrogens (tertiary/aromatic N) is 1. The van der Waals surface area contributed by atoms with Crippen molar-refractivity contribution in [3.05, 3.63) is 58.1 Å². The maximum absolute atomic E-state index is 12.9. The van der Waals surface area contributed by atoms with Gasteiger partial charge in [0, 0.05) is 23.6 Å². The molecule has 0 spiro atoms. The normalized spacial score (nSPS) is 11.5. The number of hydrogen-bond acceptors (Lipinski definition) is 8. The minimum Gasteiger partial charge on any atom is -0.464 e. The fourth-order valence-corrected chi connectivity index (χ4v) is 5.13. The summed E-state index contributed by atoms with van der Waals surface area (Å²) >= 11 is 7.15. The lowest BCUT2D eigenvalue weighted by Crippen LogP contribution is -2.26. The zero-order chi connectivity index (χ0) is 23.5. The summed E-state index contributed by atoms with van der Waals surface area (Å²) in [6, 6.07) is 7.15. The molecule has 12 heteroatoms. The van der Waals surface area contributed by atoms with Crippen LogP contribution in [0.2, 0.25) is 5.02 Å². The van der Waals surface area contributed by atoms with E-state index in [4.69, 9.17) is 25.6 Å². The van der Waals surface area contributed by atoms with E-state index in [1.807, 2.05) is 0 Å². The Balaban J connectivity index is 1.98. The highest BCUT2D eigenvalue weighted by molar-refractivity contribution is 7.89. The zero-order valence-electron chi connectivity index (χ0n) is 17.2. The Morgan fingerprint density at radius 2 is 2.03 bits per heavy atom. The number of hydroxylamine groups is 1. The highest BCUT2D eigenvalue weighted by Gasteiger charge is 2.27. The minimum absolute atomic E-state index is 0.0141. The highest BCUT2D eigenvalue weighted by atomic mass is 35.5. The van der Waals surface area contributed by atoms with Gasteiger partial charge in [0.15, 0.2) is 0 Å². The molecule has 3 aromatic rings. The summed E-state index contributed by atoms with van der Waals surface area (Å²) < 4.78 is 36.3. The minimum atomic E-state index is -4.09. The number of amides is 1. The average Bonchev–Trinajstić information content (AvgIpc) is 3.43. The number of furan rings is 1. The molecule has 1 aromatic carbocycles. The van der Waals surface area contributed by atoms with Crippen molar-refractivity contribution in [3.8, 4) is 11.3 Å². The number of rotatable bonds is 8. The van der Waals surface area contributed by atoms with Crippen molar-refractivity contribution >= 4 is 49.8 Å². The fourth-order valence-electron chi connectivity index (χ4n) is 2.72. The van der Waals surface area contributed by atoms with Gasteiger partial charge in [0.25, 0.3) is 15.9 Å². The molecule has 32 heavy (non-hydrogen) atoms. The largest absolute Gasteiger partial charge is 0.464 e. The Bertz CT molecular complexity index is 1240. The first-order chi connectivity index (χ1) is 15.2. The van der Waals surface area contributed by atoms with Gasteiger partial charge in [-0.3, -0.25) is 9.63 Å². The average molecular weight is 499 g/mol. The van der Waals surface area contributed by atoms with Gasteiger partial charge in [-0.05, 0) is 37.3 Å². The SMILES string of the molecule is CCOC(=O)c1c(-c2ccco2)csc1NC(=O)c1ccc(Cl)c(S(=O)(=O)N(C)OC)c1. The first-order valence-electron chi connectivity index (χ1n) is 9.17. The van der Waals surface area contributed by atoms with Crippen LogP contribution in [0.3, 0.4) is 0 Å². The van der Waals surface area contributed by atoms with E-state index in [1.54, 1.807) is 24.4 Å². The first-order valence-corrected chi connectivity index (χ1v) is 11.9. The fraction of sp³-hybridized carbons (Fsp3) is 0.200. The molecule has 2 heterocycles. The molecule has 0 unspecified atom stereocenters. The molecule has 1 amide bonds. The summed E-state index contributed by atoms with van der Waals surface area (Å²) in [4.78, 5) is 29.9. The van der Waals surface area contributed by atoms with Crippen molar-refractivity contribution in [3.63, 3.8) is 0 Å². The number of sulfonamides is 1. The van der Waals surface area contributed by atoms with Gasteiger partial charge in [0.1, 0.15) is 21.2 Å². The van der Waals surface area contributed by atoms with Crippen molar-refractivity contribution in [1.29, 1.82) is 0 Å². The maximum Gasteiger partial charge on any atom is 0.341 e. The topological polar surface area (TPSA) is 115 Å². The third-order valence-electron chi connectivity index (χ3n) is 4.35. The van der Waals surface area contributed by atoms with Gasteiger partial charge < -0.3 is 14.5 Å². The Kier molecular flexibility index (Phi) is 7.36. The number of thiophene rings is 1. The summed E-state index contributed by atoms with van der Waals surface area (Å²) in [5.41, 5.74) is 0.621. The van der Waals surface area contributed by atoms with Crippen LogP contribution in [0.15, 0.2) is 51.3 Å². The number of carbonyl (C=O) groups excluding carboxylic acids is 2. The number of halogens is 1.